The molecule has 0 saturated carbocycles. The van der Waals surface area contributed by atoms with Crippen LogP contribution in [0.3, 0.4) is 0 Å². The van der Waals surface area contributed by atoms with Gasteiger partial charge in [0.25, 0.3) is 10.0 Å². The monoisotopic (exact) mass is 268 g/mol. The molecule has 0 fully saturated rings. The van der Waals surface area contributed by atoms with Gasteiger partial charge in [0.05, 0.1) is 6.20 Å². The third-order valence-corrected chi connectivity index (χ3v) is 3.33. The number of nitrogens with zero attached hydrogens (tertiary/aromatic N) is 2. The SMILES string of the molecule is O=C(O)c1cc(S(=O)(=O)Nc2cnccn2)c[nH]1. The average molecular weight is 268 g/mol. The predicted molar refractivity (Wildman–Crippen MR) is 60.6 cm³/mol. The molecule has 9 heteroatoms. The van der Waals surface area contributed by atoms with Gasteiger partial charge in [-0.25, -0.2) is 18.2 Å². The van der Waals surface area contributed by atoms with Gasteiger partial charge in [-0.05, 0) is 6.07 Å². The van der Waals surface area contributed by atoms with Crippen molar-refractivity contribution in [1.82, 2.24) is 15.0 Å². The van der Waals surface area contributed by atoms with Gasteiger partial charge in [0.15, 0.2) is 5.82 Å². The second-order valence-electron chi connectivity index (χ2n) is 3.25. The molecule has 0 aliphatic heterocycles. The van der Waals surface area contributed by atoms with E-state index in [0.29, 0.717) is 0 Å². The maximum absolute atomic E-state index is 11.8. The van der Waals surface area contributed by atoms with E-state index in [9.17, 15) is 13.2 Å². The first-order chi connectivity index (χ1) is 8.49. The molecule has 2 aromatic rings. The number of carbonyl (C=O) groups is 1. The lowest BCUT2D eigenvalue weighted by molar-refractivity contribution is 0.0691. The highest BCUT2D eigenvalue weighted by Crippen LogP contribution is 2.14. The quantitative estimate of drug-likeness (QED) is 0.732. The second kappa shape index (κ2) is 4.45. The molecule has 0 spiro atoms. The number of hydrogen-bond donors (Lipinski definition) is 3. The van der Waals surface area contributed by atoms with E-state index in [-0.39, 0.29) is 16.4 Å². The van der Waals surface area contributed by atoms with Crippen molar-refractivity contribution in [3.8, 4) is 0 Å². The number of H-pyrrole nitrogens is 1. The zero-order chi connectivity index (χ0) is 13.2. The first-order valence-corrected chi connectivity index (χ1v) is 6.18. The largest absolute Gasteiger partial charge is 0.477 e. The Hall–Kier alpha value is -2.42. The van der Waals surface area contributed by atoms with E-state index in [4.69, 9.17) is 5.11 Å². The number of carboxylic acids is 1. The van der Waals surface area contributed by atoms with Gasteiger partial charge in [-0.15, -0.1) is 0 Å². The number of rotatable bonds is 4. The zero-order valence-corrected chi connectivity index (χ0v) is 9.68. The van der Waals surface area contributed by atoms with Crippen LogP contribution in [0, 0.1) is 0 Å². The highest BCUT2D eigenvalue weighted by atomic mass is 32.2. The van der Waals surface area contributed by atoms with Crippen molar-refractivity contribution >= 4 is 21.8 Å². The average Bonchev–Trinajstić information content (AvgIpc) is 2.79. The van der Waals surface area contributed by atoms with Crippen LogP contribution in [0.5, 0.6) is 0 Å². The van der Waals surface area contributed by atoms with Crippen molar-refractivity contribution < 1.29 is 18.3 Å². The Labute approximate surface area is 102 Å². The van der Waals surface area contributed by atoms with Crippen LogP contribution in [0.1, 0.15) is 10.5 Å². The van der Waals surface area contributed by atoms with E-state index in [1.54, 1.807) is 0 Å². The lowest BCUT2D eigenvalue weighted by atomic mass is 10.4. The van der Waals surface area contributed by atoms with Crippen LogP contribution in [0.4, 0.5) is 5.82 Å². The number of carboxylic acid groups (broad SMARTS) is 1. The van der Waals surface area contributed by atoms with Gasteiger partial charge in [0.2, 0.25) is 0 Å². The Morgan fingerprint density at radius 3 is 2.72 bits per heavy atom. The van der Waals surface area contributed by atoms with Crippen molar-refractivity contribution in [2.24, 2.45) is 0 Å². The summed E-state index contributed by atoms with van der Waals surface area (Å²) in [5.41, 5.74) is -0.213. The highest BCUT2D eigenvalue weighted by molar-refractivity contribution is 7.92. The lowest BCUT2D eigenvalue weighted by Crippen LogP contribution is -2.13. The summed E-state index contributed by atoms with van der Waals surface area (Å²) in [5.74, 6) is -1.19. The maximum Gasteiger partial charge on any atom is 0.352 e. The molecule has 0 atom stereocenters. The fourth-order valence-electron chi connectivity index (χ4n) is 1.20. The fraction of sp³-hybridized carbons (Fsp3) is 0. The summed E-state index contributed by atoms with van der Waals surface area (Å²) >= 11 is 0. The molecule has 0 bridgehead atoms. The molecule has 0 unspecified atom stereocenters. The first-order valence-electron chi connectivity index (χ1n) is 4.69. The summed E-state index contributed by atoms with van der Waals surface area (Å²) in [6, 6.07) is 1.01. The van der Waals surface area contributed by atoms with Crippen molar-refractivity contribution in [2.45, 2.75) is 4.90 Å². The number of aromatic amines is 1. The number of anilines is 1. The number of nitrogens with one attached hydrogen (secondary N) is 2. The van der Waals surface area contributed by atoms with Gasteiger partial charge in [-0.3, -0.25) is 9.71 Å². The molecule has 0 aromatic carbocycles. The van der Waals surface area contributed by atoms with Gasteiger partial charge in [0.1, 0.15) is 10.6 Å². The molecule has 8 nitrogen and oxygen atoms in total. The summed E-state index contributed by atoms with van der Waals surface area (Å²) in [6.07, 6.45) is 5.05. The minimum atomic E-state index is -3.87. The minimum absolute atomic E-state index is 0.0515. The van der Waals surface area contributed by atoms with Crippen LogP contribution in [0.15, 0.2) is 35.7 Å². The predicted octanol–water partition coefficient (Wildman–Crippen LogP) is 0.304. The van der Waals surface area contributed by atoms with Gasteiger partial charge in [0, 0.05) is 18.6 Å². The van der Waals surface area contributed by atoms with Crippen LogP contribution < -0.4 is 4.72 Å². The van der Waals surface area contributed by atoms with Crippen LogP contribution in [0.25, 0.3) is 0 Å². The smallest absolute Gasteiger partial charge is 0.352 e. The normalized spacial score (nSPS) is 11.1. The summed E-state index contributed by atoms with van der Waals surface area (Å²) in [4.78, 5) is 20.2. The molecule has 0 radical (unpaired) electrons. The topological polar surface area (TPSA) is 125 Å². The molecule has 0 aliphatic carbocycles. The zero-order valence-electron chi connectivity index (χ0n) is 8.86. The molecule has 2 rings (SSSR count). The van der Waals surface area contributed by atoms with E-state index < -0.39 is 16.0 Å². The molecular weight excluding hydrogens is 260 g/mol. The summed E-state index contributed by atoms with van der Waals surface area (Å²) in [7, 11) is -3.87. The first kappa shape index (κ1) is 12.0. The highest BCUT2D eigenvalue weighted by Gasteiger charge is 2.18. The Balaban J connectivity index is 2.28. The number of sulfonamides is 1. The number of aromatic nitrogens is 3. The molecule has 18 heavy (non-hydrogen) atoms. The van der Waals surface area contributed by atoms with Gasteiger partial charge in [-0.2, -0.15) is 0 Å². The van der Waals surface area contributed by atoms with Gasteiger partial charge in [-0.1, -0.05) is 0 Å². The summed E-state index contributed by atoms with van der Waals surface area (Å²) in [6.45, 7) is 0. The lowest BCUT2D eigenvalue weighted by Gasteiger charge is -2.03. The van der Waals surface area contributed by atoms with Gasteiger partial charge < -0.3 is 10.1 Å². The standard InChI is InChI=1S/C9H8N4O4S/c14-9(15)7-3-6(4-12-7)18(16,17)13-8-5-10-1-2-11-8/h1-5,12H,(H,11,13)(H,14,15). The third-order valence-electron chi connectivity index (χ3n) is 2.00. The van der Waals surface area contributed by atoms with E-state index >= 15 is 0 Å². The fourth-order valence-corrected chi connectivity index (χ4v) is 2.19. The van der Waals surface area contributed by atoms with Crippen LogP contribution in [0.2, 0.25) is 0 Å². The molecule has 2 heterocycles. The van der Waals surface area contributed by atoms with Crippen LogP contribution in [-0.4, -0.2) is 34.4 Å². The number of aromatic carboxylic acids is 1. The van der Waals surface area contributed by atoms with Gasteiger partial charge >= 0.3 is 5.97 Å². The number of hydrogen-bond acceptors (Lipinski definition) is 5. The van der Waals surface area contributed by atoms with Crippen molar-refractivity contribution in [1.29, 1.82) is 0 Å². The van der Waals surface area contributed by atoms with Crippen LogP contribution >= 0.6 is 0 Å². The molecule has 0 saturated heterocycles. The maximum atomic E-state index is 11.8. The van der Waals surface area contributed by atoms with Crippen LogP contribution in [-0.2, 0) is 10.0 Å². The van der Waals surface area contributed by atoms with Crippen molar-refractivity contribution in [3.05, 3.63) is 36.5 Å². The van der Waals surface area contributed by atoms with E-state index in [2.05, 4.69) is 19.7 Å². The molecule has 3 N–H and O–H groups in total. The molecular formula is C9H8N4O4S. The second-order valence-corrected chi connectivity index (χ2v) is 4.93. The Bertz CT molecular complexity index is 665. The Kier molecular flexibility index (Phi) is 2.98. The summed E-state index contributed by atoms with van der Waals surface area (Å²) < 4.78 is 25.9. The van der Waals surface area contributed by atoms with E-state index in [1.165, 1.54) is 18.6 Å². The van der Waals surface area contributed by atoms with E-state index in [0.717, 1.165) is 12.3 Å². The van der Waals surface area contributed by atoms with E-state index in [1.807, 2.05) is 0 Å². The van der Waals surface area contributed by atoms with Crippen molar-refractivity contribution in [3.63, 3.8) is 0 Å². The van der Waals surface area contributed by atoms with Crippen molar-refractivity contribution in [2.75, 3.05) is 4.72 Å². The molecule has 2 aromatic heterocycles. The minimum Gasteiger partial charge on any atom is -0.477 e. The molecule has 0 aliphatic rings. The Morgan fingerprint density at radius 1 is 1.39 bits per heavy atom. The Morgan fingerprint density at radius 2 is 2.17 bits per heavy atom. The molecule has 0 amide bonds. The summed E-state index contributed by atoms with van der Waals surface area (Å²) in [5, 5.41) is 8.68. The molecule has 94 valence electrons. The third kappa shape index (κ3) is 2.46.